The van der Waals surface area contributed by atoms with E-state index in [1.54, 1.807) is 0 Å². The standard InChI is InChI=1S/C7H15NO3S/c1-6(2)11-3-4-12(10)5-7(8)9/h6H,3-5H2,1-2H3,(H2,8,9). The molecule has 0 saturated carbocycles. The quantitative estimate of drug-likeness (QED) is 0.626. The molecule has 4 nitrogen and oxygen atoms in total. The lowest BCUT2D eigenvalue weighted by Crippen LogP contribution is -2.22. The molecule has 0 bridgehead atoms. The fourth-order valence-corrected chi connectivity index (χ4v) is 1.35. The van der Waals surface area contributed by atoms with Crippen molar-refractivity contribution in [2.45, 2.75) is 20.0 Å². The fourth-order valence-electron chi connectivity index (χ4n) is 0.608. The van der Waals surface area contributed by atoms with Gasteiger partial charge in [-0.25, -0.2) is 0 Å². The van der Waals surface area contributed by atoms with Gasteiger partial charge in [0.15, 0.2) is 0 Å². The number of carbonyl (C=O) groups is 1. The molecule has 1 unspecified atom stereocenters. The molecular weight excluding hydrogens is 178 g/mol. The van der Waals surface area contributed by atoms with E-state index in [1.165, 1.54) is 0 Å². The Morgan fingerprint density at radius 1 is 1.58 bits per heavy atom. The molecule has 12 heavy (non-hydrogen) atoms. The largest absolute Gasteiger partial charge is 0.378 e. The number of hydrogen-bond acceptors (Lipinski definition) is 3. The molecule has 0 aromatic heterocycles. The molecular formula is C7H15NO3S. The minimum Gasteiger partial charge on any atom is -0.378 e. The minimum absolute atomic E-state index is 0.0680. The van der Waals surface area contributed by atoms with Crippen LogP contribution in [0.1, 0.15) is 13.8 Å². The summed E-state index contributed by atoms with van der Waals surface area (Å²) in [5, 5.41) is 0. The van der Waals surface area contributed by atoms with E-state index in [4.69, 9.17) is 10.5 Å². The van der Waals surface area contributed by atoms with E-state index in [1.807, 2.05) is 13.8 Å². The Bertz CT molecular complexity index is 170. The zero-order valence-electron chi connectivity index (χ0n) is 7.41. The number of nitrogens with two attached hydrogens (primary N) is 1. The summed E-state index contributed by atoms with van der Waals surface area (Å²) in [6.45, 7) is 4.21. The van der Waals surface area contributed by atoms with E-state index in [9.17, 15) is 9.00 Å². The first kappa shape index (κ1) is 11.6. The van der Waals surface area contributed by atoms with Crippen molar-refractivity contribution < 1.29 is 13.7 Å². The van der Waals surface area contributed by atoms with Gasteiger partial charge >= 0.3 is 0 Å². The van der Waals surface area contributed by atoms with E-state index in [-0.39, 0.29) is 11.9 Å². The Morgan fingerprint density at radius 3 is 2.58 bits per heavy atom. The maximum Gasteiger partial charge on any atom is 0.230 e. The Labute approximate surface area is 74.9 Å². The lowest BCUT2D eigenvalue weighted by molar-refractivity contribution is -0.115. The van der Waals surface area contributed by atoms with Crippen LogP contribution in [0.3, 0.4) is 0 Å². The van der Waals surface area contributed by atoms with E-state index >= 15 is 0 Å². The van der Waals surface area contributed by atoms with Crippen LogP contribution in [-0.4, -0.2) is 34.3 Å². The maximum atomic E-state index is 11.0. The van der Waals surface area contributed by atoms with Crippen LogP contribution in [0.5, 0.6) is 0 Å². The summed E-state index contributed by atoms with van der Waals surface area (Å²) in [7, 11) is -1.17. The fraction of sp³-hybridized carbons (Fsp3) is 0.857. The van der Waals surface area contributed by atoms with Gasteiger partial charge in [-0.3, -0.25) is 9.00 Å². The zero-order chi connectivity index (χ0) is 9.56. The van der Waals surface area contributed by atoms with Crippen molar-refractivity contribution in [2.24, 2.45) is 5.73 Å². The molecule has 0 heterocycles. The molecule has 1 amide bonds. The van der Waals surface area contributed by atoms with Gasteiger partial charge in [0.25, 0.3) is 0 Å². The van der Waals surface area contributed by atoms with Crippen LogP contribution < -0.4 is 5.73 Å². The summed E-state index contributed by atoms with van der Waals surface area (Å²) >= 11 is 0. The highest BCUT2D eigenvalue weighted by molar-refractivity contribution is 7.85. The first-order valence-corrected chi connectivity index (χ1v) is 5.26. The third-order valence-electron chi connectivity index (χ3n) is 1.07. The van der Waals surface area contributed by atoms with Gasteiger partial charge in [0, 0.05) is 16.6 Å². The van der Waals surface area contributed by atoms with Crippen LogP contribution in [0.2, 0.25) is 0 Å². The average molecular weight is 193 g/mol. The van der Waals surface area contributed by atoms with Gasteiger partial charge < -0.3 is 10.5 Å². The van der Waals surface area contributed by atoms with Crippen LogP contribution in [0.4, 0.5) is 0 Å². The van der Waals surface area contributed by atoms with Crippen LogP contribution >= 0.6 is 0 Å². The molecule has 0 aromatic carbocycles. The average Bonchev–Trinajstić information content (AvgIpc) is 1.84. The van der Waals surface area contributed by atoms with Gasteiger partial charge in [0.1, 0.15) is 5.75 Å². The minimum atomic E-state index is -1.17. The molecule has 2 N–H and O–H groups in total. The Kier molecular flexibility index (Phi) is 5.92. The van der Waals surface area contributed by atoms with E-state index in [0.717, 1.165) is 0 Å². The summed E-state index contributed by atoms with van der Waals surface area (Å²) < 4.78 is 16.1. The molecule has 5 heteroatoms. The number of carbonyl (C=O) groups excluding carboxylic acids is 1. The van der Waals surface area contributed by atoms with E-state index < -0.39 is 16.7 Å². The molecule has 0 aliphatic carbocycles. The predicted molar refractivity (Wildman–Crippen MR) is 48.2 cm³/mol. The molecule has 0 spiro atoms. The third-order valence-corrected chi connectivity index (χ3v) is 2.29. The van der Waals surface area contributed by atoms with Gasteiger partial charge in [-0.15, -0.1) is 0 Å². The normalized spacial score (nSPS) is 13.2. The third kappa shape index (κ3) is 7.68. The van der Waals surface area contributed by atoms with Gasteiger partial charge in [-0.1, -0.05) is 0 Å². The molecule has 0 fully saturated rings. The smallest absolute Gasteiger partial charge is 0.230 e. The molecule has 72 valence electrons. The molecule has 0 saturated heterocycles. The molecule has 1 atom stereocenters. The number of ether oxygens (including phenoxy) is 1. The van der Waals surface area contributed by atoms with Crippen molar-refractivity contribution in [3.63, 3.8) is 0 Å². The van der Waals surface area contributed by atoms with Crippen molar-refractivity contribution in [3.8, 4) is 0 Å². The maximum absolute atomic E-state index is 11.0. The van der Waals surface area contributed by atoms with Gasteiger partial charge in [0.05, 0.1) is 12.7 Å². The van der Waals surface area contributed by atoms with Crippen molar-refractivity contribution in [1.29, 1.82) is 0 Å². The highest BCUT2D eigenvalue weighted by Crippen LogP contribution is 1.89. The second kappa shape index (κ2) is 6.14. The zero-order valence-corrected chi connectivity index (χ0v) is 8.23. The monoisotopic (exact) mass is 193 g/mol. The van der Waals surface area contributed by atoms with Gasteiger partial charge in [-0.2, -0.15) is 0 Å². The van der Waals surface area contributed by atoms with Crippen LogP contribution in [0.15, 0.2) is 0 Å². The van der Waals surface area contributed by atoms with E-state index in [2.05, 4.69) is 0 Å². The number of primary amides is 1. The molecule has 0 rings (SSSR count). The lowest BCUT2D eigenvalue weighted by atomic mass is 10.5. The van der Waals surface area contributed by atoms with Crippen LogP contribution in [0.25, 0.3) is 0 Å². The molecule has 0 aliphatic rings. The van der Waals surface area contributed by atoms with Crippen molar-refractivity contribution in [2.75, 3.05) is 18.1 Å². The highest BCUT2D eigenvalue weighted by Gasteiger charge is 2.04. The lowest BCUT2D eigenvalue weighted by Gasteiger charge is -2.05. The molecule has 0 radical (unpaired) electrons. The van der Waals surface area contributed by atoms with E-state index in [0.29, 0.717) is 12.4 Å². The first-order valence-electron chi connectivity index (χ1n) is 3.77. The van der Waals surface area contributed by atoms with Crippen molar-refractivity contribution in [3.05, 3.63) is 0 Å². The Morgan fingerprint density at radius 2 is 2.17 bits per heavy atom. The van der Waals surface area contributed by atoms with Crippen LogP contribution in [-0.2, 0) is 20.3 Å². The molecule has 0 aliphatic heterocycles. The van der Waals surface area contributed by atoms with Gasteiger partial charge in [0.2, 0.25) is 5.91 Å². The number of amides is 1. The Hall–Kier alpha value is -0.420. The second-order valence-corrected chi connectivity index (χ2v) is 4.25. The second-order valence-electron chi connectivity index (χ2n) is 2.67. The predicted octanol–water partition coefficient (Wildman–Crippen LogP) is -0.355. The summed E-state index contributed by atoms with van der Waals surface area (Å²) in [4.78, 5) is 10.3. The highest BCUT2D eigenvalue weighted by atomic mass is 32.2. The summed E-state index contributed by atoms with van der Waals surface area (Å²) in [6, 6.07) is 0. The SMILES string of the molecule is CC(C)OCCS(=O)CC(N)=O. The summed E-state index contributed by atoms with van der Waals surface area (Å²) in [5.41, 5.74) is 4.85. The topological polar surface area (TPSA) is 69.4 Å². The Balaban J connectivity index is 3.38. The van der Waals surface area contributed by atoms with Crippen molar-refractivity contribution >= 4 is 16.7 Å². The summed E-state index contributed by atoms with van der Waals surface area (Å²) in [6.07, 6.45) is 0.135. The van der Waals surface area contributed by atoms with Crippen molar-refractivity contribution in [1.82, 2.24) is 0 Å². The number of rotatable bonds is 6. The molecule has 0 aromatic rings. The van der Waals surface area contributed by atoms with Gasteiger partial charge in [-0.05, 0) is 13.8 Å². The number of hydrogen-bond donors (Lipinski definition) is 1. The van der Waals surface area contributed by atoms with Crippen LogP contribution in [0, 0.1) is 0 Å². The summed E-state index contributed by atoms with van der Waals surface area (Å²) in [5.74, 6) is -0.222. The first-order chi connectivity index (χ1) is 5.52.